The molecule has 0 radical (unpaired) electrons. The van der Waals surface area contributed by atoms with Gasteiger partial charge in [0, 0.05) is 12.4 Å². The van der Waals surface area contributed by atoms with Crippen molar-refractivity contribution in [3.63, 3.8) is 0 Å². The quantitative estimate of drug-likeness (QED) is 0.595. The molecule has 0 atom stereocenters. The molecule has 0 fully saturated rings. The van der Waals surface area contributed by atoms with Crippen molar-refractivity contribution < 1.29 is 22.4 Å². The number of nitrogens with zero attached hydrogens (tertiary/aromatic N) is 2. The average molecular weight is 323 g/mol. The van der Waals surface area contributed by atoms with Gasteiger partial charge in [-0.15, -0.1) is 0 Å². The molecule has 0 aliphatic carbocycles. The maximum atomic E-state index is 13.5. The molecule has 1 aromatic carbocycles. The van der Waals surface area contributed by atoms with Crippen molar-refractivity contribution in [2.45, 2.75) is 6.42 Å². The fraction of sp³-hybridized carbons (Fsp3) is 0.0667. The lowest BCUT2D eigenvalue weighted by atomic mass is 10.2. The topological polar surface area (TPSA) is 46.4 Å². The molecule has 2 heterocycles. The van der Waals surface area contributed by atoms with Crippen LogP contribution in [0.3, 0.4) is 0 Å². The van der Waals surface area contributed by atoms with Gasteiger partial charge in [-0.1, -0.05) is 0 Å². The summed E-state index contributed by atoms with van der Waals surface area (Å²) < 4.78 is 53.9. The van der Waals surface area contributed by atoms with Gasteiger partial charge >= 0.3 is 0 Å². The molecular formula is C15H9F4N3O. The average Bonchev–Trinajstić information content (AvgIpc) is 2.89. The molecule has 23 heavy (non-hydrogen) atoms. The molecule has 118 valence electrons. The number of carbonyl (C=O) groups is 1. The second-order valence-corrected chi connectivity index (χ2v) is 4.79. The molecule has 0 unspecified atom stereocenters. The van der Waals surface area contributed by atoms with Crippen molar-refractivity contribution in [3.8, 4) is 0 Å². The molecule has 1 N–H and O–H groups in total. The predicted octanol–water partition coefficient (Wildman–Crippen LogP) is 3.07. The summed E-state index contributed by atoms with van der Waals surface area (Å²) >= 11 is 0. The van der Waals surface area contributed by atoms with Crippen LogP contribution in [0.2, 0.25) is 0 Å². The SMILES string of the molecule is O=C(Cc1cn2cc(F)ccc2n1)Nc1ccc(F)c(F)c1F. The zero-order valence-corrected chi connectivity index (χ0v) is 11.5. The molecule has 8 heteroatoms. The van der Waals surface area contributed by atoms with E-state index >= 15 is 0 Å². The van der Waals surface area contributed by atoms with E-state index in [1.54, 1.807) is 0 Å². The number of amides is 1. The van der Waals surface area contributed by atoms with E-state index in [0.717, 1.165) is 6.07 Å². The van der Waals surface area contributed by atoms with Crippen LogP contribution in [-0.4, -0.2) is 15.3 Å². The Labute approximate surface area is 127 Å². The number of hydrogen-bond acceptors (Lipinski definition) is 2. The Balaban J connectivity index is 1.77. The van der Waals surface area contributed by atoms with Crippen molar-refractivity contribution in [3.05, 3.63) is 65.6 Å². The number of hydrogen-bond donors (Lipinski definition) is 1. The fourth-order valence-corrected chi connectivity index (χ4v) is 2.08. The van der Waals surface area contributed by atoms with E-state index < -0.39 is 34.9 Å². The number of imidazole rings is 1. The number of halogens is 4. The highest BCUT2D eigenvalue weighted by atomic mass is 19.2. The Bertz CT molecular complexity index is 907. The number of pyridine rings is 1. The first-order chi connectivity index (χ1) is 10.9. The fourth-order valence-electron chi connectivity index (χ4n) is 2.08. The van der Waals surface area contributed by atoms with E-state index in [2.05, 4.69) is 10.3 Å². The van der Waals surface area contributed by atoms with Gasteiger partial charge in [0.05, 0.1) is 17.8 Å². The molecule has 2 aromatic heterocycles. The van der Waals surface area contributed by atoms with E-state index in [4.69, 9.17) is 0 Å². The first-order valence-electron chi connectivity index (χ1n) is 6.50. The highest BCUT2D eigenvalue weighted by Crippen LogP contribution is 2.19. The predicted molar refractivity (Wildman–Crippen MR) is 73.8 cm³/mol. The molecule has 4 nitrogen and oxygen atoms in total. The molecule has 0 saturated heterocycles. The summed E-state index contributed by atoms with van der Waals surface area (Å²) in [6, 6.07) is 4.29. The van der Waals surface area contributed by atoms with Gasteiger partial charge in [-0.2, -0.15) is 0 Å². The minimum Gasteiger partial charge on any atom is -0.323 e. The van der Waals surface area contributed by atoms with Gasteiger partial charge in [-0.05, 0) is 24.3 Å². The van der Waals surface area contributed by atoms with E-state index in [1.807, 2.05) is 0 Å². The maximum Gasteiger partial charge on any atom is 0.230 e. The number of fused-ring (bicyclic) bond motifs is 1. The Morgan fingerprint density at radius 3 is 2.61 bits per heavy atom. The number of benzene rings is 1. The van der Waals surface area contributed by atoms with Crippen molar-refractivity contribution in [2.75, 3.05) is 5.32 Å². The minimum atomic E-state index is -1.66. The largest absolute Gasteiger partial charge is 0.323 e. The second-order valence-electron chi connectivity index (χ2n) is 4.79. The lowest BCUT2D eigenvalue weighted by Gasteiger charge is -2.06. The Hall–Kier alpha value is -2.90. The molecule has 0 aliphatic rings. The molecule has 0 saturated carbocycles. The summed E-state index contributed by atoms with van der Waals surface area (Å²) in [5.74, 6) is -5.61. The van der Waals surface area contributed by atoms with E-state index in [1.165, 1.54) is 28.9 Å². The molecule has 0 aliphatic heterocycles. The van der Waals surface area contributed by atoms with E-state index in [-0.39, 0.29) is 6.42 Å². The first-order valence-corrected chi connectivity index (χ1v) is 6.50. The van der Waals surface area contributed by atoms with Crippen LogP contribution in [0.1, 0.15) is 5.69 Å². The van der Waals surface area contributed by atoms with Crippen molar-refractivity contribution in [2.24, 2.45) is 0 Å². The lowest BCUT2D eigenvalue weighted by Crippen LogP contribution is -2.16. The highest BCUT2D eigenvalue weighted by Gasteiger charge is 2.16. The van der Waals surface area contributed by atoms with Crippen LogP contribution in [0.25, 0.3) is 5.65 Å². The van der Waals surface area contributed by atoms with Gasteiger partial charge in [0.15, 0.2) is 17.5 Å². The molecule has 1 amide bonds. The van der Waals surface area contributed by atoms with Gasteiger partial charge in [0.25, 0.3) is 0 Å². The van der Waals surface area contributed by atoms with Crippen molar-refractivity contribution >= 4 is 17.2 Å². The monoisotopic (exact) mass is 323 g/mol. The van der Waals surface area contributed by atoms with Gasteiger partial charge in [-0.25, -0.2) is 22.5 Å². The van der Waals surface area contributed by atoms with Crippen LogP contribution in [0.5, 0.6) is 0 Å². The first kappa shape index (κ1) is 15.0. The smallest absolute Gasteiger partial charge is 0.230 e. The summed E-state index contributed by atoms with van der Waals surface area (Å²) in [6.45, 7) is 0. The van der Waals surface area contributed by atoms with Gasteiger partial charge in [0.1, 0.15) is 11.5 Å². The van der Waals surface area contributed by atoms with Crippen LogP contribution in [0.4, 0.5) is 23.2 Å². The molecule has 0 spiro atoms. The number of anilines is 1. The summed E-state index contributed by atoms with van der Waals surface area (Å²) in [4.78, 5) is 16.0. The van der Waals surface area contributed by atoms with Gasteiger partial charge < -0.3 is 9.72 Å². The normalized spacial score (nSPS) is 11.0. The molecule has 3 rings (SSSR count). The van der Waals surface area contributed by atoms with E-state index in [0.29, 0.717) is 17.4 Å². The lowest BCUT2D eigenvalue weighted by molar-refractivity contribution is -0.115. The minimum absolute atomic E-state index is 0.234. The third-order valence-corrected chi connectivity index (χ3v) is 3.12. The number of carbonyl (C=O) groups excluding carboxylic acids is 1. The Morgan fingerprint density at radius 1 is 1.04 bits per heavy atom. The highest BCUT2D eigenvalue weighted by molar-refractivity contribution is 5.92. The number of rotatable bonds is 3. The Kier molecular flexibility index (Phi) is 3.73. The number of aromatic nitrogens is 2. The van der Waals surface area contributed by atoms with Crippen molar-refractivity contribution in [1.82, 2.24) is 9.38 Å². The van der Waals surface area contributed by atoms with Crippen LogP contribution in [0, 0.1) is 23.3 Å². The summed E-state index contributed by atoms with van der Waals surface area (Å²) in [5.41, 5.74) is 0.285. The maximum absolute atomic E-state index is 13.5. The van der Waals surface area contributed by atoms with Gasteiger partial charge in [0.2, 0.25) is 5.91 Å². The zero-order chi connectivity index (χ0) is 16.6. The summed E-state index contributed by atoms with van der Waals surface area (Å²) in [5, 5.41) is 2.14. The third kappa shape index (κ3) is 3.01. The summed E-state index contributed by atoms with van der Waals surface area (Å²) in [7, 11) is 0. The Morgan fingerprint density at radius 2 is 1.83 bits per heavy atom. The zero-order valence-electron chi connectivity index (χ0n) is 11.5. The molecule has 3 aromatic rings. The second kappa shape index (κ2) is 5.71. The third-order valence-electron chi connectivity index (χ3n) is 3.12. The van der Waals surface area contributed by atoms with Gasteiger partial charge in [-0.3, -0.25) is 4.79 Å². The standard InChI is InChI=1S/C15H9F4N3O/c16-8-1-4-12-20-9(7-22(12)6-8)5-13(23)21-11-3-2-10(17)14(18)15(11)19/h1-4,6-7H,5H2,(H,21,23). The molecule has 0 bridgehead atoms. The van der Waals surface area contributed by atoms with Crippen LogP contribution in [0.15, 0.2) is 36.7 Å². The van der Waals surface area contributed by atoms with Crippen LogP contribution < -0.4 is 5.32 Å². The number of nitrogens with one attached hydrogen (secondary N) is 1. The van der Waals surface area contributed by atoms with Crippen LogP contribution >= 0.6 is 0 Å². The molecular weight excluding hydrogens is 314 g/mol. The van der Waals surface area contributed by atoms with Crippen LogP contribution in [-0.2, 0) is 11.2 Å². The summed E-state index contributed by atoms with van der Waals surface area (Å²) in [6.07, 6.45) is 2.40. The van der Waals surface area contributed by atoms with Crippen molar-refractivity contribution in [1.29, 1.82) is 0 Å². The van der Waals surface area contributed by atoms with E-state index in [9.17, 15) is 22.4 Å².